The summed E-state index contributed by atoms with van der Waals surface area (Å²) in [5.41, 5.74) is 0. The van der Waals surface area contributed by atoms with Crippen molar-refractivity contribution >= 4 is 0 Å². The average molecular weight is 265 g/mol. The van der Waals surface area contributed by atoms with Crippen LogP contribution in [0, 0.1) is 29.6 Å². The summed E-state index contributed by atoms with van der Waals surface area (Å²) in [4.78, 5) is 0. The van der Waals surface area contributed by atoms with Crippen LogP contribution >= 0.6 is 0 Å². The molecule has 2 aliphatic carbocycles. The van der Waals surface area contributed by atoms with Crippen LogP contribution in [0.4, 0.5) is 0 Å². The smallest absolute Gasteiger partial charge is 0.0100 e. The molecule has 0 heterocycles. The molecule has 0 bridgehead atoms. The van der Waals surface area contributed by atoms with E-state index in [1.807, 2.05) is 0 Å². The predicted octanol–water partition coefficient (Wildman–Crippen LogP) is 4.86. The van der Waals surface area contributed by atoms with Crippen LogP contribution in [-0.2, 0) is 0 Å². The van der Waals surface area contributed by atoms with Crippen LogP contribution in [0.5, 0.6) is 0 Å². The van der Waals surface area contributed by atoms with Crippen molar-refractivity contribution in [3.63, 3.8) is 0 Å². The van der Waals surface area contributed by atoms with E-state index in [1.165, 1.54) is 51.5 Å². The molecule has 0 saturated heterocycles. The molecule has 0 aromatic carbocycles. The van der Waals surface area contributed by atoms with Crippen molar-refractivity contribution in [3.8, 4) is 0 Å². The van der Waals surface area contributed by atoms with E-state index < -0.39 is 0 Å². The molecule has 0 aliphatic heterocycles. The Hall–Kier alpha value is -0.0400. The van der Waals surface area contributed by atoms with E-state index in [9.17, 15) is 0 Å². The lowest BCUT2D eigenvalue weighted by molar-refractivity contribution is 0.158. The third kappa shape index (κ3) is 4.48. The molecule has 0 spiro atoms. The summed E-state index contributed by atoms with van der Waals surface area (Å²) in [6.45, 7) is 11.0. The van der Waals surface area contributed by atoms with Crippen molar-refractivity contribution in [2.24, 2.45) is 29.6 Å². The van der Waals surface area contributed by atoms with E-state index in [1.54, 1.807) is 0 Å². The fourth-order valence-electron chi connectivity index (χ4n) is 4.50. The summed E-state index contributed by atoms with van der Waals surface area (Å²) in [6.07, 6.45) is 10.1. The second-order valence-corrected chi connectivity index (χ2v) is 7.98. The van der Waals surface area contributed by atoms with Crippen molar-refractivity contribution in [1.82, 2.24) is 5.32 Å². The Kier molecular flexibility index (Phi) is 5.74. The number of hydrogen-bond acceptors (Lipinski definition) is 1. The Morgan fingerprint density at radius 1 is 0.947 bits per heavy atom. The van der Waals surface area contributed by atoms with Crippen LogP contribution in [0.15, 0.2) is 0 Å². The normalized spacial score (nSPS) is 40.6. The van der Waals surface area contributed by atoms with E-state index in [2.05, 4.69) is 33.0 Å². The van der Waals surface area contributed by atoms with Gasteiger partial charge in [-0.25, -0.2) is 0 Å². The van der Waals surface area contributed by atoms with Gasteiger partial charge in [-0.2, -0.15) is 0 Å². The van der Waals surface area contributed by atoms with Gasteiger partial charge in [0.05, 0.1) is 0 Å². The summed E-state index contributed by atoms with van der Waals surface area (Å²) in [6, 6.07) is 0.793. The Labute approximate surface area is 120 Å². The van der Waals surface area contributed by atoms with Gasteiger partial charge in [-0.15, -0.1) is 0 Å². The zero-order chi connectivity index (χ0) is 13.8. The van der Waals surface area contributed by atoms with Crippen molar-refractivity contribution < 1.29 is 0 Å². The highest BCUT2D eigenvalue weighted by molar-refractivity contribution is 4.86. The molecule has 0 aromatic heterocycles. The van der Waals surface area contributed by atoms with Gasteiger partial charge in [0.2, 0.25) is 0 Å². The first-order valence-corrected chi connectivity index (χ1v) is 8.79. The zero-order valence-corrected chi connectivity index (χ0v) is 13.6. The number of nitrogens with one attached hydrogen (secondary N) is 1. The minimum atomic E-state index is 0.793. The lowest BCUT2D eigenvalue weighted by Crippen LogP contribution is -2.45. The van der Waals surface area contributed by atoms with Gasteiger partial charge in [-0.1, -0.05) is 47.0 Å². The maximum Gasteiger partial charge on any atom is 0.0100 e. The predicted molar refractivity (Wildman–Crippen MR) is 84.3 cm³/mol. The van der Waals surface area contributed by atoms with Gasteiger partial charge in [0.15, 0.2) is 0 Å². The summed E-state index contributed by atoms with van der Waals surface area (Å²) in [5.74, 6) is 4.60. The van der Waals surface area contributed by atoms with Gasteiger partial charge in [0.1, 0.15) is 0 Å². The molecule has 5 unspecified atom stereocenters. The van der Waals surface area contributed by atoms with Crippen molar-refractivity contribution in [1.29, 1.82) is 0 Å². The Morgan fingerprint density at radius 3 is 2.37 bits per heavy atom. The van der Waals surface area contributed by atoms with Gasteiger partial charge >= 0.3 is 0 Å². The van der Waals surface area contributed by atoms with E-state index >= 15 is 0 Å². The largest absolute Gasteiger partial charge is 0.313 e. The maximum atomic E-state index is 3.97. The van der Waals surface area contributed by atoms with E-state index in [-0.39, 0.29) is 0 Å². The second kappa shape index (κ2) is 7.11. The first-order valence-electron chi connectivity index (χ1n) is 8.79. The molecule has 0 aromatic rings. The van der Waals surface area contributed by atoms with Crippen LogP contribution in [0.1, 0.15) is 72.6 Å². The fraction of sp³-hybridized carbons (Fsp3) is 1.00. The van der Waals surface area contributed by atoms with Gasteiger partial charge in [0.25, 0.3) is 0 Å². The molecule has 2 saturated carbocycles. The molecule has 0 radical (unpaired) electrons. The third-order valence-electron chi connectivity index (χ3n) is 5.74. The van der Waals surface area contributed by atoms with Crippen LogP contribution in [0.3, 0.4) is 0 Å². The molecular weight excluding hydrogens is 230 g/mol. The quantitative estimate of drug-likeness (QED) is 0.765. The summed E-state index contributed by atoms with van der Waals surface area (Å²) in [5, 5.41) is 3.97. The SMILES string of the molecule is CC1CCCC(CNC2CC(C)CCC2C(C)C)C1. The monoisotopic (exact) mass is 265 g/mol. The Bertz CT molecular complexity index is 260. The van der Waals surface area contributed by atoms with Crippen LogP contribution < -0.4 is 5.32 Å². The van der Waals surface area contributed by atoms with E-state index in [0.29, 0.717) is 0 Å². The lowest BCUT2D eigenvalue weighted by atomic mass is 9.73. The highest BCUT2D eigenvalue weighted by Gasteiger charge is 2.31. The van der Waals surface area contributed by atoms with Crippen molar-refractivity contribution in [3.05, 3.63) is 0 Å². The van der Waals surface area contributed by atoms with Gasteiger partial charge in [0, 0.05) is 6.04 Å². The van der Waals surface area contributed by atoms with Crippen molar-refractivity contribution in [2.75, 3.05) is 6.54 Å². The third-order valence-corrected chi connectivity index (χ3v) is 5.74. The van der Waals surface area contributed by atoms with E-state index in [4.69, 9.17) is 0 Å². The second-order valence-electron chi connectivity index (χ2n) is 7.98. The van der Waals surface area contributed by atoms with E-state index in [0.717, 1.165) is 35.6 Å². The molecule has 2 rings (SSSR count). The number of hydrogen-bond donors (Lipinski definition) is 1. The van der Waals surface area contributed by atoms with Gasteiger partial charge in [-0.3, -0.25) is 0 Å². The highest BCUT2D eigenvalue weighted by atomic mass is 14.9. The standard InChI is InChI=1S/C18H35N/c1-13(2)17-9-8-15(4)11-18(17)19-12-16-7-5-6-14(3)10-16/h13-19H,5-12H2,1-4H3. The molecule has 19 heavy (non-hydrogen) atoms. The first-order chi connectivity index (χ1) is 9.06. The summed E-state index contributed by atoms with van der Waals surface area (Å²) >= 11 is 0. The minimum absolute atomic E-state index is 0.793. The van der Waals surface area contributed by atoms with Crippen LogP contribution in [0.2, 0.25) is 0 Å². The first kappa shape index (κ1) is 15.4. The fourth-order valence-corrected chi connectivity index (χ4v) is 4.50. The summed E-state index contributed by atoms with van der Waals surface area (Å²) < 4.78 is 0. The molecule has 1 nitrogen and oxygen atoms in total. The highest BCUT2D eigenvalue weighted by Crippen LogP contribution is 2.34. The molecule has 0 amide bonds. The van der Waals surface area contributed by atoms with Gasteiger partial charge < -0.3 is 5.32 Å². The molecule has 112 valence electrons. The Balaban J connectivity index is 1.81. The van der Waals surface area contributed by atoms with Crippen molar-refractivity contribution in [2.45, 2.75) is 78.7 Å². The molecule has 2 fully saturated rings. The molecule has 5 atom stereocenters. The zero-order valence-electron chi connectivity index (χ0n) is 13.6. The molecule has 1 heteroatoms. The molecule has 2 aliphatic rings. The minimum Gasteiger partial charge on any atom is -0.313 e. The number of rotatable bonds is 4. The molecule has 1 N–H and O–H groups in total. The maximum absolute atomic E-state index is 3.97. The lowest BCUT2D eigenvalue weighted by Gasteiger charge is -2.39. The van der Waals surface area contributed by atoms with Crippen LogP contribution in [-0.4, -0.2) is 12.6 Å². The summed E-state index contributed by atoms with van der Waals surface area (Å²) in [7, 11) is 0. The topological polar surface area (TPSA) is 12.0 Å². The van der Waals surface area contributed by atoms with Crippen LogP contribution in [0.25, 0.3) is 0 Å². The Morgan fingerprint density at radius 2 is 1.68 bits per heavy atom. The average Bonchev–Trinajstić information content (AvgIpc) is 2.36. The molecular formula is C18H35N. The van der Waals surface area contributed by atoms with Gasteiger partial charge in [-0.05, 0) is 61.8 Å².